The van der Waals surface area contributed by atoms with Crippen molar-refractivity contribution in [3.8, 4) is 0 Å². The van der Waals surface area contributed by atoms with Crippen molar-refractivity contribution in [3.63, 3.8) is 0 Å². The molecule has 1 unspecified atom stereocenters. The van der Waals surface area contributed by atoms with E-state index in [-0.39, 0.29) is 6.61 Å². The summed E-state index contributed by atoms with van der Waals surface area (Å²) < 4.78 is 2.17. The second-order valence-electron chi connectivity index (χ2n) is 2.21. The molecule has 5 heteroatoms. The van der Waals surface area contributed by atoms with Crippen molar-refractivity contribution in [1.82, 2.24) is 9.78 Å². The second kappa shape index (κ2) is 3.34. The molecule has 0 fully saturated rings. The fraction of sp³-hybridized carbons (Fsp3) is 0.500. The number of hydrogen-bond acceptors (Lipinski definition) is 3. The third-order valence-electron chi connectivity index (χ3n) is 1.40. The molecule has 1 aromatic heterocycles. The first-order valence-corrected chi connectivity index (χ1v) is 3.93. The van der Waals surface area contributed by atoms with Gasteiger partial charge in [0.25, 0.3) is 0 Å². The SMILES string of the molecule is Cn1nc(Br)cc1C(O)CO. The minimum Gasteiger partial charge on any atom is -0.393 e. The Labute approximate surface area is 72.6 Å². The summed E-state index contributed by atoms with van der Waals surface area (Å²) >= 11 is 3.16. The first-order chi connectivity index (χ1) is 5.15. The van der Waals surface area contributed by atoms with Gasteiger partial charge < -0.3 is 10.2 Å². The Bertz CT molecular complexity index is 249. The average molecular weight is 221 g/mol. The van der Waals surface area contributed by atoms with E-state index in [4.69, 9.17) is 5.11 Å². The van der Waals surface area contributed by atoms with Crippen LogP contribution in [0.25, 0.3) is 0 Å². The molecule has 1 aromatic rings. The minimum atomic E-state index is -0.848. The van der Waals surface area contributed by atoms with Crippen molar-refractivity contribution in [2.75, 3.05) is 6.61 Å². The summed E-state index contributed by atoms with van der Waals surface area (Å²) in [6, 6.07) is 1.67. The maximum atomic E-state index is 9.19. The summed E-state index contributed by atoms with van der Waals surface area (Å²) in [5, 5.41) is 21.7. The standard InChI is InChI=1S/C6H9BrN2O2/c1-9-4(5(11)3-10)2-6(7)8-9/h2,5,10-11H,3H2,1H3. The molecule has 11 heavy (non-hydrogen) atoms. The van der Waals surface area contributed by atoms with E-state index in [1.807, 2.05) is 0 Å². The highest BCUT2D eigenvalue weighted by atomic mass is 79.9. The largest absolute Gasteiger partial charge is 0.393 e. The summed E-state index contributed by atoms with van der Waals surface area (Å²) in [7, 11) is 1.71. The van der Waals surface area contributed by atoms with Crippen LogP contribution in [0.5, 0.6) is 0 Å². The number of aliphatic hydroxyl groups excluding tert-OH is 2. The molecule has 1 rings (SSSR count). The lowest BCUT2D eigenvalue weighted by Crippen LogP contribution is -2.08. The Morgan fingerprint density at radius 3 is 2.82 bits per heavy atom. The Hall–Kier alpha value is -0.390. The molecular weight excluding hydrogens is 212 g/mol. The molecule has 0 bridgehead atoms. The lowest BCUT2D eigenvalue weighted by Gasteiger charge is -2.05. The fourth-order valence-electron chi connectivity index (χ4n) is 0.851. The van der Waals surface area contributed by atoms with Crippen LogP contribution in [0.3, 0.4) is 0 Å². The highest BCUT2D eigenvalue weighted by molar-refractivity contribution is 9.10. The summed E-state index contributed by atoms with van der Waals surface area (Å²) in [5.74, 6) is 0. The maximum absolute atomic E-state index is 9.19. The maximum Gasteiger partial charge on any atom is 0.128 e. The molecule has 0 spiro atoms. The van der Waals surface area contributed by atoms with Crippen LogP contribution in [-0.2, 0) is 7.05 Å². The van der Waals surface area contributed by atoms with Gasteiger partial charge in [-0.3, -0.25) is 4.68 Å². The molecule has 0 radical (unpaired) electrons. The molecule has 0 aliphatic carbocycles. The topological polar surface area (TPSA) is 58.3 Å². The van der Waals surface area contributed by atoms with E-state index >= 15 is 0 Å². The highest BCUT2D eigenvalue weighted by Crippen LogP contribution is 2.15. The van der Waals surface area contributed by atoms with E-state index in [1.54, 1.807) is 13.1 Å². The average Bonchev–Trinajstić information content (AvgIpc) is 2.28. The number of halogens is 1. The second-order valence-corrected chi connectivity index (χ2v) is 3.03. The van der Waals surface area contributed by atoms with Crippen LogP contribution in [0, 0.1) is 0 Å². The lowest BCUT2D eigenvalue weighted by molar-refractivity contribution is 0.0891. The van der Waals surface area contributed by atoms with Crippen molar-refractivity contribution in [2.24, 2.45) is 7.05 Å². The van der Waals surface area contributed by atoms with Crippen LogP contribution in [-0.4, -0.2) is 26.6 Å². The zero-order valence-corrected chi connectivity index (χ0v) is 7.61. The van der Waals surface area contributed by atoms with Crippen molar-refractivity contribution in [3.05, 3.63) is 16.4 Å². The Morgan fingerprint density at radius 1 is 1.82 bits per heavy atom. The van der Waals surface area contributed by atoms with E-state index in [1.165, 1.54) is 4.68 Å². The number of aromatic nitrogens is 2. The third kappa shape index (κ3) is 1.79. The van der Waals surface area contributed by atoms with Gasteiger partial charge in [-0.1, -0.05) is 0 Å². The molecule has 0 saturated carbocycles. The van der Waals surface area contributed by atoms with Gasteiger partial charge in [0, 0.05) is 7.05 Å². The van der Waals surface area contributed by atoms with Crippen molar-refractivity contribution in [2.45, 2.75) is 6.10 Å². The van der Waals surface area contributed by atoms with E-state index in [2.05, 4.69) is 21.0 Å². The highest BCUT2D eigenvalue weighted by Gasteiger charge is 2.11. The van der Waals surface area contributed by atoms with Crippen LogP contribution in [0.2, 0.25) is 0 Å². The molecule has 1 heterocycles. The molecule has 0 saturated heterocycles. The molecule has 4 nitrogen and oxygen atoms in total. The normalized spacial score (nSPS) is 13.5. The Balaban J connectivity index is 2.93. The van der Waals surface area contributed by atoms with Gasteiger partial charge in [0.1, 0.15) is 10.7 Å². The number of aliphatic hydroxyl groups is 2. The number of rotatable bonds is 2. The van der Waals surface area contributed by atoms with Gasteiger partial charge in [0.15, 0.2) is 0 Å². The van der Waals surface area contributed by atoms with Gasteiger partial charge in [-0.05, 0) is 22.0 Å². The summed E-state index contributed by atoms with van der Waals surface area (Å²) in [5.41, 5.74) is 0.597. The van der Waals surface area contributed by atoms with Crippen LogP contribution >= 0.6 is 15.9 Å². The molecule has 62 valence electrons. The first kappa shape index (κ1) is 8.70. The quantitative estimate of drug-likeness (QED) is 0.750. The summed E-state index contributed by atoms with van der Waals surface area (Å²) in [4.78, 5) is 0. The van der Waals surface area contributed by atoms with Gasteiger partial charge in [-0.15, -0.1) is 0 Å². The monoisotopic (exact) mass is 220 g/mol. The molecule has 0 aliphatic rings. The number of aryl methyl sites for hydroxylation is 1. The van der Waals surface area contributed by atoms with Crippen molar-refractivity contribution < 1.29 is 10.2 Å². The van der Waals surface area contributed by atoms with Crippen LogP contribution in [0.4, 0.5) is 0 Å². The van der Waals surface area contributed by atoms with Crippen LogP contribution in [0.15, 0.2) is 10.7 Å². The molecular formula is C6H9BrN2O2. The van der Waals surface area contributed by atoms with Crippen LogP contribution in [0.1, 0.15) is 11.8 Å². The first-order valence-electron chi connectivity index (χ1n) is 3.13. The Kier molecular flexibility index (Phi) is 2.64. The van der Waals surface area contributed by atoms with Gasteiger partial charge in [0.05, 0.1) is 12.3 Å². The smallest absolute Gasteiger partial charge is 0.128 e. The Morgan fingerprint density at radius 2 is 2.45 bits per heavy atom. The third-order valence-corrected chi connectivity index (χ3v) is 1.79. The van der Waals surface area contributed by atoms with Gasteiger partial charge in [0.2, 0.25) is 0 Å². The van der Waals surface area contributed by atoms with Crippen molar-refractivity contribution in [1.29, 1.82) is 0 Å². The zero-order valence-electron chi connectivity index (χ0n) is 6.03. The molecule has 2 N–H and O–H groups in total. The predicted molar refractivity (Wildman–Crippen MR) is 43.0 cm³/mol. The van der Waals surface area contributed by atoms with Crippen molar-refractivity contribution >= 4 is 15.9 Å². The number of hydrogen-bond donors (Lipinski definition) is 2. The molecule has 0 amide bonds. The van der Waals surface area contributed by atoms with E-state index in [0.717, 1.165) is 0 Å². The predicted octanol–water partition coefficient (Wildman–Crippen LogP) is 0.208. The van der Waals surface area contributed by atoms with E-state index in [0.29, 0.717) is 10.3 Å². The van der Waals surface area contributed by atoms with Crippen LogP contribution < -0.4 is 0 Å². The minimum absolute atomic E-state index is 0.286. The van der Waals surface area contributed by atoms with Gasteiger partial charge in [-0.2, -0.15) is 5.10 Å². The fourth-order valence-corrected chi connectivity index (χ4v) is 1.32. The number of nitrogens with zero attached hydrogens (tertiary/aromatic N) is 2. The molecule has 0 aromatic carbocycles. The zero-order chi connectivity index (χ0) is 8.43. The summed E-state index contributed by atoms with van der Waals surface area (Å²) in [6.07, 6.45) is -0.848. The van der Waals surface area contributed by atoms with E-state index < -0.39 is 6.10 Å². The van der Waals surface area contributed by atoms with Gasteiger partial charge in [-0.25, -0.2) is 0 Å². The molecule has 0 aliphatic heterocycles. The lowest BCUT2D eigenvalue weighted by atomic mass is 10.3. The molecule has 1 atom stereocenters. The van der Waals surface area contributed by atoms with E-state index in [9.17, 15) is 5.11 Å². The van der Waals surface area contributed by atoms with Gasteiger partial charge >= 0.3 is 0 Å². The summed E-state index contributed by atoms with van der Waals surface area (Å²) in [6.45, 7) is -0.286.